The van der Waals surface area contributed by atoms with E-state index in [1.807, 2.05) is 42.1 Å². The van der Waals surface area contributed by atoms with Crippen molar-refractivity contribution in [3.05, 3.63) is 36.0 Å². The van der Waals surface area contributed by atoms with E-state index in [0.29, 0.717) is 6.42 Å². The van der Waals surface area contributed by atoms with Crippen molar-refractivity contribution in [1.82, 2.24) is 9.88 Å². The molecule has 6 heteroatoms. The number of carbonyl (C=O) groups excluding carboxylic acids is 1. The van der Waals surface area contributed by atoms with Crippen LogP contribution in [0.1, 0.15) is 5.56 Å². The lowest BCUT2D eigenvalue weighted by Gasteiger charge is -2.10. The van der Waals surface area contributed by atoms with Crippen molar-refractivity contribution in [3.63, 3.8) is 0 Å². The molecule has 106 valence electrons. The lowest BCUT2D eigenvalue weighted by Crippen LogP contribution is -2.43. The van der Waals surface area contributed by atoms with Gasteiger partial charge in [-0.05, 0) is 18.1 Å². The predicted molar refractivity (Wildman–Crippen MR) is 75.2 cm³/mol. The molecular weight excluding hydrogens is 258 g/mol. The Bertz CT molecular complexity index is 648. The number of carboxylic acid groups (broad SMARTS) is 1. The van der Waals surface area contributed by atoms with Crippen LogP contribution in [-0.4, -0.2) is 34.1 Å². The summed E-state index contributed by atoms with van der Waals surface area (Å²) in [5, 5.41) is 11.9. The minimum Gasteiger partial charge on any atom is -0.480 e. The number of para-hydroxylation sites is 1. The van der Waals surface area contributed by atoms with Crippen LogP contribution in [0.4, 0.5) is 0 Å². The first kappa shape index (κ1) is 14.1. The highest BCUT2D eigenvalue weighted by Gasteiger charge is 2.17. The standard InChI is InChI=1S/C14H17N3O3/c1-17-8-9(10-4-2-3-5-12(10)17)6-11(15)14(20)16-7-13(18)19/h2-5,8,11H,6-7,15H2,1H3,(H,16,20)(H,18,19)/t11-/m1/s1. The topological polar surface area (TPSA) is 97.4 Å². The smallest absolute Gasteiger partial charge is 0.322 e. The van der Waals surface area contributed by atoms with Crippen LogP contribution in [0.3, 0.4) is 0 Å². The van der Waals surface area contributed by atoms with Crippen LogP contribution in [0.5, 0.6) is 0 Å². The molecule has 1 amide bonds. The lowest BCUT2D eigenvalue weighted by molar-refractivity contribution is -0.138. The molecule has 2 aromatic rings. The fourth-order valence-electron chi connectivity index (χ4n) is 2.21. The average molecular weight is 275 g/mol. The summed E-state index contributed by atoms with van der Waals surface area (Å²) in [6.45, 7) is -0.415. The van der Waals surface area contributed by atoms with Crippen molar-refractivity contribution in [2.24, 2.45) is 12.8 Å². The van der Waals surface area contributed by atoms with Crippen LogP contribution >= 0.6 is 0 Å². The normalized spacial score (nSPS) is 12.3. The number of carboxylic acids is 1. The number of carbonyl (C=O) groups is 2. The maximum absolute atomic E-state index is 11.7. The molecule has 0 saturated heterocycles. The Balaban J connectivity index is 2.12. The summed E-state index contributed by atoms with van der Waals surface area (Å²) in [6.07, 6.45) is 2.31. The monoisotopic (exact) mass is 275 g/mol. The largest absolute Gasteiger partial charge is 0.480 e. The van der Waals surface area contributed by atoms with Crippen LogP contribution in [0.2, 0.25) is 0 Å². The Labute approximate surface area is 116 Å². The third-order valence-corrected chi connectivity index (χ3v) is 3.17. The molecule has 6 nitrogen and oxygen atoms in total. The van der Waals surface area contributed by atoms with E-state index in [0.717, 1.165) is 16.5 Å². The molecule has 1 heterocycles. The Kier molecular flexibility index (Phi) is 4.05. The number of hydrogen-bond acceptors (Lipinski definition) is 3. The van der Waals surface area contributed by atoms with Gasteiger partial charge in [-0.3, -0.25) is 9.59 Å². The fraction of sp³-hybridized carbons (Fsp3) is 0.286. The van der Waals surface area contributed by atoms with Crippen molar-refractivity contribution in [2.75, 3.05) is 6.54 Å². The molecule has 0 unspecified atom stereocenters. The second-order valence-corrected chi connectivity index (χ2v) is 4.70. The molecule has 0 spiro atoms. The zero-order chi connectivity index (χ0) is 14.7. The van der Waals surface area contributed by atoms with E-state index in [-0.39, 0.29) is 0 Å². The lowest BCUT2D eigenvalue weighted by atomic mass is 10.1. The summed E-state index contributed by atoms with van der Waals surface area (Å²) >= 11 is 0. The Morgan fingerprint density at radius 3 is 2.80 bits per heavy atom. The first-order valence-electron chi connectivity index (χ1n) is 6.27. The third-order valence-electron chi connectivity index (χ3n) is 3.17. The first-order valence-corrected chi connectivity index (χ1v) is 6.27. The molecule has 2 rings (SSSR count). The number of nitrogens with one attached hydrogen (secondary N) is 1. The summed E-state index contributed by atoms with van der Waals surface area (Å²) in [7, 11) is 1.93. The molecule has 1 atom stereocenters. The van der Waals surface area contributed by atoms with Gasteiger partial charge in [0, 0.05) is 24.1 Å². The molecule has 0 aliphatic carbocycles. The van der Waals surface area contributed by atoms with Crippen molar-refractivity contribution in [1.29, 1.82) is 0 Å². The number of nitrogens with two attached hydrogens (primary N) is 1. The van der Waals surface area contributed by atoms with Gasteiger partial charge in [-0.2, -0.15) is 0 Å². The van der Waals surface area contributed by atoms with Gasteiger partial charge in [0.1, 0.15) is 6.54 Å². The molecule has 1 aromatic carbocycles. The average Bonchev–Trinajstić information content (AvgIpc) is 2.73. The van der Waals surface area contributed by atoms with E-state index in [1.54, 1.807) is 0 Å². The Morgan fingerprint density at radius 2 is 2.10 bits per heavy atom. The zero-order valence-electron chi connectivity index (χ0n) is 11.2. The van der Waals surface area contributed by atoms with Crippen LogP contribution in [0, 0.1) is 0 Å². The first-order chi connectivity index (χ1) is 9.49. The predicted octanol–water partition coefficient (Wildman–Crippen LogP) is 0.249. The minimum absolute atomic E-state index is 0.368. The van der Waals surface area contributed by atoms with Crippen molar-refractivity contribution < 1.29 is 14.7 Å². The number of nitrogens with zero attached hydrogens (tertiary/aromatic N) is 1. The molecule has 0 bridgehead atoms. The Hall–Kier alpha value is -2.34. The number of aliphatic carboxylic acids is 1. The molecular formula is C14H17N3O3. The zero-order valence-corrected chi connectivity index (χ0v) is 11.2. The molecule has 0 aliphatic heterocycles. The maximum atomic E-state index is 11.7. The van der Waals surface area contributed by atoms with E-state index in [9.17, 15) is 9.59 Å². The van der Waals surface area contributed by atoms with Gasteiger partial charge in [-0.1, -0.05) is 18.2 Å². The van der Waals surface area contributed by atoms with E-state index >= 15 is 0 Å². The Morgan fingerprint density at radius 1 is 1.40 bits per heavy atom. The number of aromatic nitrogens is 1. The minimum atomic E-state index is -1.09. The van der Waals surface area contributed by atoms with Crippen LogP contribution in [0.25, 0.3) is 10.9 Å². The fourth-order valence-corrected chi connectivity index (χ4v) is 2.21. The van der Waals surface area contributed by atoms with Gasteiger partial charge in [-0.15, -0.1) is 0 Å². The van der Waals surface area contributed by atoms with Crippen molar-refractivity contribution >= 4 is 22.8 Å². The number of benzene rings is 1. The highest BCUT2D eigenvalue weighted by molar-refractivity contribution is 5.87. The van der Waals surface area contributed by atoms with Crippen LogP contribution in [-0.2, 0) is 23.1 Å². The molecule has 4 N–H and O–H groups in total. The molecule has 20 heavy (non-hydrogen) atoms. The molecule has 0 fully saturated rings. The van der Waals surface area contributed by atoms with Crippen LogP contribution < -0.4 is 11.1 Å². The SMILES string of the molecule is Cn1cc(C[C@@H](N)C(=O)NCC(=O)O)c2ccccc21. The number of fused-ring (bicyclic) bond motifs is 1. The number of amides is 1. The number of rotatable bonds is 5. The molecule has 1 aromatic heterocycles. The van der Waals surface area contributed by atoms with Gasteiger partial charge in [0.2, 0.25) is 5.91 Å². The van der Waals surface area contributed by atoms with Gasteiger partial charge in [0.05, 0.1) is 6.04 Å². The summed E-state index contributed by atoms with van der Waals surface area (Å²) in [4.78, 5) is 22.1. The number of hydrogen-bond donors (Lipinski definition) is 3. The van der Waals surface area contributed by atoms with E-state index in [4.69, 9.17) is 10.8 Å². The molecule has 0 radical (unpaired) electrons. The van der Waals surface area contributed by atoms with Gasteiger partial charge < -0.3 is 20.7 Å². The third kappa shape index (κ3) is 2.97. The highest BCUT2D eigenvalue weighted by Crippen LogP contribution is 2.21. The van der Waals surface area contributed by atoms with E-state index < -0.39 is 24.5 Å². The van der Waals surface area contributed by atoms with E-state index in [2.05, 4.69) is 5.32 Å². The van der Waals surface area contributed by atoms with Crippen molar-refractivity contribution in [3.8, 4) is 0 Å². The maximum Gasteiger partial charge on any atom is 0.322 e. The summed E-state index contributed by atoms with van der Waals surface area (Å²) in [5.41, 5.74) is 7.86. The summed E-state index contributed by atoms with van der Waals surface area (Å²) in [5.74, 6) is -1.55. The second kappa shape index (κ2) is 5.75. The number of aryl methyl sites for hydroxylation is 1. The van der Waals surface area contributed by atoms with Gasteiger partial charge in [-0.25, -0.2) is 0 Å². The molecule has 0 saturated carbocycles. The molecule has 0 aliphatic rings. The van der Waals surface area contributed by atoms with Crippen LogP contribution in [0.15, 0.2) is 30.5 Å². The second-order valence-electron chi connectivity index (χ2n) is 4.70. The van der Waals surface area contributed by atoms with E-state index in [1.165, 1.54) is 0 Å². The van der Waals surface area contributed by atoms with Gasteiger partial charge in [0.25, 0.3) is 0 Å². The highest BCUT2D eigenvalue weighted by atomic mass is 16.4. The summed E-state index contributed by atoms with van der Waals surface area (Å²) < 4.78 is 1.98. The van der Waals surface area contributed by atoms with Gasteiger partial charge in [0.15, 0.2) is 0 Å². The van der Waals surface area contributed by atoms with Crippen molar-refractivity contribution in [2.45, 2.75) is 12.5 Å². The summed E-state index contributed by atoms with van der Waals surface area (Å²) in [6, 6.07) is 7.09. The van der Waals surface area contributed by atoms with Gasteiger partial charge >= 0.3 is 5.97 Å². The quantitative estimate of drug-likeness (QED) is 0.728.